The van der Waals surface area contributed by atoms with Crippen LogP contribution in [0.5, 0.6) is 5.75 Å². The lowest BCUT2D eigenvalue weighted by atomic mass is 10.1. The van der Waals surface area contributed by atoms with Gasteiger partial charge < -0.3 is 9.84 Å². The molecule has 0 spiro atoms. The van der Waals surface area contributed by atoms with E-state index >= 15 is 0 Å². The van der Waals surface area contributed by atoms with Crippen LogP contribution in [0.4, 0.5) is 0 Å². The molecule has 0 atom stereocenters. The van der Waals surface area contributed by atoms with E-state index in [-0.39, 0.29) is 5.76 Å². The number of ether oxygens (including phenoxy) is 1. The maximum atomic E-state index is 9.57. The Morgan fingerprint density at radius 1 is 1.31 bits per heavy atom. The zero-order chi connectivity index (χ0) is 9.26. The molecule has 2 nitrogen and oxygen atoms in total. The SMILES string of the molecule is OC1=CC=COc2ccc(Br)cc21. The van der Waals surface area contributed by atoms with E-state index < -0.39 is 0 Å². The molecule has 0 aromatic heterocycles. The first-order valence-corrected chi connectivity index (χ1v) is 4.59. The molecule has 3 heteroatoms. The van der Waals surface area contributed by atoms with Gasteiger partial charge in [-0.3, -0.25) is 0 Å². The molecule has 1 aromatic carbocycles. The minimum absolute atomic E-state index is 0.213. The third kappa shape index (κ3) is 1.60. The van der Waals surface area contributed by atoms with Gasteiger partial charge in [0.2, 0.25) is 0 Å². The lowest BCUT2D eigenvalue weighted by Gasteiger charge is -2.05. The van der Waals surface area contributed by atoms with E-state index in [4.69, 9.17) is 4.74 Å². The van der Waals surface area contributed by atoms with Gasteiger partial charge in [-0.25, -0.2) is 0 Å². The Morgan fingerprint density at radius 3 is 3.00 bits per heavy atom. The molecule has 0 saturated carbocycles. The van der Waals surface area contributed by atoms with Gasteiger partial charge in [0.1, 0.15) is 11.5 Å². The number of fused-ring (bicyclic) bond motifs is 1. The summed E-state index contributed by atoms with van der Waals surface area (Å²) in [7, 11) is 0. The highest BCUT2D eigenvalue weighted by atomic mass is 79.9. The largest absolute Gasteiger partial charge is 0.507 e. The third-order valence-corrected chi connectivity index (χ3v) is 2.24. The van der Waals surface area contributed by atoms with Crippen LogP contribution in [0.15, 0.2) is 41.1 Å². The number of hydrogen-bond donors (Lipinski definition) is 1. The standard InChI is InChI=1S/C10H7BrO2/c11-7-3-4-10-8(6-7)9(12)2-1-5-13-10/h1-6,12H. The van der Waals surface area contributed by atoms with E-state index in [2.05, 4.69) is 15.9 Å². The predicted molar refractivity (Wildman–Crippen MR) is 54.5 cm³/mol. The maximum absolute atomic E-state index is 9.57. The number of rotatable bonds is 0. The Kier molecular flexibility index (Phi) is 2.10. The summed E-state index contributed by atoms with van der Waals surface area (Å²) < 4.78 is 6.17. The van der Waals surface area contributed by atoms with Crippen molar-refractivity contribution >= 4 is 21.7 Å². The fraction of sp³-hybridized carbons (Fsp3) is 0. The van der Waals surface area contributed by atoms with E-state index in [1.807, 2.05) is 12.1 Å². The van der Waals surface area contributed by atoms with Crippen LogP contribution in [-0.4, -0.2) is 5.11 Å². The number of hydrogen-bond acceptors (Lipinski definition) is 2. The molecule has 1 N–H and O–H groups in total. The summed E-state index contributed by atoms with van der Waals surface area (Å²) in [4.78, 5) is 0. The Hall–Kier alpha value is -1.22. The fourth-order valence-corrected chi connectivity index (χ4v) is 1.50. The second-order valence-electron chi connectivity index (χ2n) is 2.64. The molecule has 2 rings (SSSR count). The molecule has 0 amide bonds. The monoisotopic (exact) mass is 238 g/mol. The number of aliphatic hydroxyl groups is 1. The van der Waals surface area contributed by atoms with Gasteiger partial charge in [0.05, 0.1) is 11.8 Å². The van der Waals surface area contributed by atoms with Gasteiger partial charge in [-0.2, -0.15) is 0 Å². The van der Waals surface area contributed by atoms with Crippen molar-refractivity contribution in [2.75, 3.05) is 0 Å². The van der Waals surface area contributed by atoms with Crippen LogP contribution in [0.25, 0.3) is 5.76 Å². The fourth-order valence-electron chi connectivity index (χ4n) is 1.14. The van der Waals surface area contributed by atoms with Crippen LogP contribution < -0.4 is 4.74 Å². The average molecular weight is 239 g/mol. The van der Waals surface area contributed by atoms with Crippen LogP contribution in [0.2, 0.25) is 0 Å². The summed E-state index contributed by atoms with van der Waals surface area (Å²) in [6.45, 7) is 0. The summed E-state index contributed by atoms with van der Waals surface area (Å²) in [5.41, 5.74) is 0.694. The van der Waals surface area contributed by atoms with Crippen molar-refractivity contribution in [2.45, 2.75) is 0 Å². The maximum Gasteiger partial charge on any atom is 0.137 e. The van der Waals surface area contributed by atoms with Crippen molar-refractivity contribution in [3.05, 3.63) is 46.6 Å². The first kappa shape index (κ1) is 8.38. The molecule has 0 bridgehead atoms. The summed E-state index contributed by atoms with van der Waals surface area (Å²) in [5, 5.41) is 9.57. The Morgan fingerprint density at radius 2 is 2.15 bits per heavy atom. The molecule has 1 aliphatic heterocycles. The van der Waals surface area contributed by atoms with Crippen LogP contribution in [-0.2, 0) is 0 Å². The molecular weight excluding hydrogens is 232 g/mol. The molecule has 0 saturated heterocycles. The third-order valence-electron chi connectivity index (χ3n) is 1.75. The van der Waals surface area contributed by atoms with Gasteiger partial charge in [-0.05, 0) is 30.4 Å². The topological polar surface area (TPSA) is 29.5 Å². The van der Waals surface area contributed by atoms with Crippen LogP contribution >= 0.6 is 15.9 Å². The molecule has 1 heterocycles. The first-order chi connectivity index (χ1) is 6.27. The Bertz CT molecular complexity index is 394. The molecule has 66 valence electrons. The van der Waals surface area contributed by atoms with E-state index in [9.17, 15) is 5.11 Å². The van der Waals surface area contributed by atoms with Crippen LogP contribution in [0.3, 0.4) is 0 Å². The lowest BCUT2D eigenvalue weighted by Crippen LogP contribution is -1.87. The van der Waals surface area contributed by atoms with Crippen LogP contribution in [0.1, 0.15) is 5.56 Å². The van der Waals surface area contributed by atoms with E-state index in [0.29, 0.717) is 11.3 Å². The van der Waals surface area contributed by atoms with Crippen molar-refractivity contribution in [2.24, 2.45) is 0 Å². The van der Waals surface area contributed by atoms with Crippen molar-refractivity contribution < 1.29 is 9.84 Å². The smallest absolute Gasteiger partial charge is 0.137 e. The van der Waals surface area contributed by atoms with Crippen molar-refractivity contribution in [3.8, 4) is 5.75 Å². The Balaban J connectivity index is 2.60. The molecule has 1 aromatic rings. The van der Waals surface area contributed by atoms with Gasteiger partial charge >= 0.3 is 0 Å². The molecule has 1 aliphatic rings. The summed E-state index contributed by atoms with van der Waals surface area (Å²) >= 11 is 3.33. The second-order valence-corrected chi connectivity index (χ2v) is 3.55. The lowest BCUT2D eigenvalue weighted by molar-refractivity contribution is 0.471. The number of allylic oxidation sites excluding steroid dienone is 2. The quantitative estimate of drug-likeness (QED) is 0.752. The molecule has 0 aliphatic carbocycles. The van der Waals surface area contributed by atoms with Gasteiger partial charge in [0.25, 0.3) is 0 Å². The minimum Gasteiger partial charge on any atom is -0.507 e. The normalized spacial score (nSPS) is 14.1. The Labute approximate surface area is 84.3 Å². The zero-order valence-corrected chi connectivity index (χ0v) is 8.28. The van der Waals surface area contributed by atoms with Crippen molar-refractivity contribution in [1.82, 2.24) is 0 Å². The average Bonchev–Trinajstić information content (AvgIpc) is 2.29. The van der Waals surface area contributed by atoms with E-state index in [1.165, 1.54) is 6.26 Å². The highest BCUT2D eigenvalue weighted by Crippen LogP contribution is 2.29. The molecular formula is C10H7BrO2. The molecule has 0 radical (unpaired) electrons. The minimum atomic E-state index is 0.213. The highest BCUT2D eigenvalue weighted by molar-refractivity contribution is 9.10. The summed E-state index contributed by atoms with van der Waals surface area (Å²) in [5.74, 6) is 0.871. The van der Waals surface area contributed by atoms with Gasteiger partial charge in [0, 0.05) is 4.47 Å². The second kappa shape index (κ2) is 3.26. The summed E-state index contributed by atoms with van der Waals surface area (Å²) in [6, 6.07) is 5.48. The number of benzene rings is 1. The number of halogens is 1. The van der Waals surface area contributed by atoms with E-state index in [1.54, 1.807) is 18.2 Å². The highest BCUT2D eigenvalue weighted by Gasteiger charge is 2.09. The van der Waals surface area contributed by atoms with Gasteiger partial charge in [0.15, 0.2) is 0 Å². The molecule has 0 unspecified atom stereocenters. The number of aliphatic hydroxyl groups excluding tert-OH is 1. The van der Waals surface area contributed by atoms with Crippen molar-refractivity contribution in [1.29, 1.82) is 0 Å². The van der Waals surface area contributed by atoms with E-state index in [0.717, 1.165) is 4.47 Å². The molecule has 0 fully saturated rings. The predicted octanol–water partition coefficient (Wildman–Crippen LogP) is 3.25. The zero-order valence-electron chi connectivity index (χ0n) is 6.70. The summed E-state index contributed by atoms with van der Waals surface area (Å²) in [6.07, 6.45) is 4.79. The van der Waals surface area contributed by atoms with Crippen molar-refractivity contribution in [3.63, 3.8) is 0 Å². The molecule has 13 heavy (non-hydrogen) atoms. The van der Waals surface area contributed by atoms with Gasteiger partial charge in [-0.15, -0.1) is 0 Å². The van der Waals surface area contributed by atoms with Crippen LogP contribution in [0, 0.1) is 0 Å². The van der Waals surface area contributed by atoms with Gasteiger partial charge in [-0.1, -0.05) is 15.9 Å². The first-order valence-electron chi connectivity index (χ1n) is 3.80.